The minimum Gasteiger partial charge on any atom is -0.478 e. The molecule has 1 fully saturated rings. The third-order valence-corrected chi connectivity index (χ3v) is 5.76. The van der Waals surface area contributed by atoms with Gasteiger partial charge in [-0.25, -0.2) is 9.97 Å². The number of aliphatic hydroxyl groups is 1. The fourth-order valence-corrected chi connectivity index (χ4v) is 3.93. The van der Waals surface area contributed by atoms with Crippen molar-refractivity contribution in [2.75, 3.05) is 6.54 Å². The van der Waals surface area contributed by atoms with Crippen LogP contribution in [0.25, 0.3) is 11.4 Å². The minimum absolute atomic E-state index is 0.0996. The van der Waals surface area contributed by atoms with Gasteiger partial charge in [0.25, 0.3) is 0 Å². The summed E-state index contributed by atoms with van der Waals surface area (Å²) in [5.41, 5.74) is 0.911. The third-order valence-electron chi connectivity index (χ3n) is 5.76. The van der Waals surface area contributed by atoms with Crippen molar-refractivity contribution in [3.63, 3.8) is 0 Å². The number of rotatable bonds is 6. The summed E-state index contributed by atoms with van der Waals surface area (Å²) in [5, 5.41) is 13.4. The number of carbonyl (C=O) groups excluding carboxylic acids is 1. The van der Waals surface area contributed by atoms with Gasteiger partial charge in [-0.15, -0.1) is 0 Å². The Balaban J connectivity index is 1.74. The van der Waals surface area contributed by atoms with Crippen LogP contribution in [0.4, 0.5) is 0 Å². The number of ketones is 1. The number of nitrogens with zero attached hydrogens (tertiary/aromatic N) is 2. The van der Waals surface area contributed by atoms with Crippen LogP contribution in [0.3, 0.4) is 0 Å². The number of hydrogen-bond donors (Lipinski definition) is 2. The smallest absolute Gasteiger partial charge is 0.208 e. The average molecular weight is 418 g/mol. The predicted octanol–water partition coefficient (Wildman–Crippen LogP) is 3.97. The van der Waals surface area contributed by atoms with Gasteiger partial charge in [-0.1, -0.05) is 36.4 Å². The lowest BCUT2D eigenvalue weighted by Gasteiger charge is -2.39. The Kier molecular flexibility index (Phi) is 6.11. The molecule has 2 aromatic carbocycles. The molecule has 0 amide bonds. The van der Waals surface area contributed by atoms with Crippen molar-refractivity contribution in [3.05, 3.63) is 78.1 Å². The molecule has 1 saturated heterocycles. The fourth-order valence-electron chi connectivity index (χ4n) is 3.93. The van der Waals surface area contributed by atoms with E-state index in [-0.39, 0.29) is 5.78 Å². The predicted molar refractivity (Wildman–Crippen MR) is 119 cm³/mol. The monoisotopic (exact) mass is 417 g/mol. The maximum atomic E-state index is 14.0. The quantitative estimate of drug-likeness (QED) is 0.591. The van der Waals surface area contributed by atoms with E-state index >= 15 is 0 Å². The fraction of sp³-hybridized carbons (Fsp3) is 0.320. The molecule has 1 unspecified atom stereocenters. The first kappa shape index (κ1) is 21.2. The second-order valence-corrected chi connectivity index (χ2v) is 8.11. The van der Waals surface area contributed by atoms with E-state index in [1.165, 1.54) is 0 Å². The van der Waals surface area contributed by atoms with Gasteiger partial charge in [0.05, 0.1) is 6.10 Å². The summed E-state index contributed by atoms with van der Waals surface area (Å²) in [6.07, 6.45) is 4.12. The van der Waals surface area contributed by atoms with Crippen LogP contribution < -0.4 is 10.1 Å². The number of Topliss-reactive ketones (excluding diaryl/α,β-unsaturated/α-hetero) is 1. The second kappa shape index (κ2) is 8.96. The van der Waals surface area contributed by atoms with Gasteiger partial charge in [0.15, 0.2) is 11.4 Å². The number of aromatic nitrogens is 2. The maximum Gasteiger partial charge on any atom is 0.208 e. The molecule has 3 atom stereocenters. The summed E-state index contributed by atoms with van der Waals surface area (Å²) in [4.78, 5) is 22.7. The van der Waals surface area contributed by atoms with Crippen LogP contribution in [-0.2, 0) is 0 Å². The first-order chi connectivity index (χ1) is 15.0. The third kappa shape index (κ3) is 4.50. The van der Waals surface area contributed by atoms with Gasteiger partial charge in [-0.2, -0.15) is 0 Å². The van der Waals surface area contributed by atoms with E-state index in [2.05, 4.69) is 22.2 Å². The number of ether oxygens (including phenoxy) is 1. The number of aliphatic hydroxyl groups excluding tert-OH is 1. The van der Waals surface area contributed by atoms with E-state index in [0.29, 0.717) is 41.7 Å². The number of benzene rings is 2. The second-order valence-electron chi connectivity index (χ2n) is 8.11. The molecule has 3 aromatic rings. The molecule has 6 nitrogen and oxygen atoms in total. The summed E-state index contributed by atoms with van der Waals surface area (Å²) >= 11 is 0. The van der Waals surface area contributed by atoms with Gasteiger partial charge < -0.3 is 15.2 Å². The summed E-state index contributed by atoms with van der Waals surface area (Å²) in [6, 6.07) is 16.8. The zero-order valence-electron chi connectivity index (χ0n) is 17.8. The van der Waals surface area contributed by atoms with E-state index in [4.69, 9.17) is 4.74 Å². The molecule has 2 N–H and O–H groups in total. The average Bonchev–Trinajstić information content (AvgIpc) is 2.81. The summed E-state index contributed by atoms with van der Waals surface area (Å²) in [6.45, 7) is 4.21. The standard InChI is InChI=1S/C25H27N3O3/c1-17-11-12-25(16-28-17,31-20-8-5-7-19(15-20)18(2)29)23(30)21-9-3-4-10-22(21)24-26-13-6-14-27-24/h3-10,13-15,17-18,28-29H,11-12,16H2,1-2H3/t17-,18?,25-/m1/s1. The molecule has 6 heteroatoms. The molecule has 4 rings (SSSR count). The molecule has 31 heavy (non-hydrogen) atoms. The molecule has 1 aliphatic heterocycles. The van der Waals surface area contributed by atoms with Crippen LogP contribution in [-0.4, -0.2) is 39.0 Å². The van der Waals surface area contributed by atoms with Gasteiger partial charge in [0, 0.05) is 36.1 Å². The van der Waals surface area contributed by atoms with Gasteiger partial charge in [-0.3, -0.25) is 4.79 Å². The SMILES string of the molecule is CC(O)c1cccc(O[C@]2(C(=O)c3ccccc3-c3ncccn3)CC[C@@H](C)NC2)c1. The van der Waals surface area contributed by atoms with E-state index in [0.717, 1.165) is 12.0 Å². The number of carbonyl (C=O) groups is 1. The Morgan fingerprint density at radius 1 is 1.16 bits per heavy atom. The summed E-state index contributed by atoms with van der Waals surface area (Å²) in [5.74, 6) is 0.976. The largest absolute Gasteiger partial charge is 0.478 e. The van der Waals surface area contributed by atoms with Crippen molar-refractivity contribution >= 4 is 5.78 Å². The van der Waals surface area contributed by atoms with Crippen molar-refractivity contribution in [1.82, 2.24) is 15.3 Å². The lowest BCUT2D eigenvalue weighted by atomic mass is 9.82. The van der Waals surface area contributed by atoms with Gasteiger partial charge >= 0.3 is 0 Å². The van der Waals surface area contributed by atoms with Crippen molar-refractivity contribution in [2.24, 2.45) is 0 Å². The minimum atomic E-state index is -1.06. The van der Waals surface area contributed by atoms with Crippen molar-refractivity contribution < 1.29 is 14.6 Å². The highest BCUT2D eigenvalue weighted by Crippen LogP contribution is 2.33. The molecular weight excluding hydrogens is 390 g/mol. The highest BCUT2D eigenvalue weighted by Gasteiger charge is 2.44. The van der Waals surface area contributed by atoms with Crippen LogP contribution in [0.1, 0.15) is 48.7 Å². The van der Waals surface area contributed by atoms with Gasteiger partial charge in [0.2, 0.25) is 5.78 Å². The molecular formula is C25H27N3O3. The number of piperidine rings is 1. The van der Waals surface area contributed by atoms with E-state index in [1.54, 1.807) is 31.5 Å². The maximum absolute atomic E-state index is 14.0. The van der Waals surface area contributed by atoms with Crippen LogP contribution >= 0.6 is 0 Å². The van der Waals surface area contributed by atoms with Crippen LogP contribution in [0.15, 0.2) is 67.0 Å². The van der Waals surface area contributed by atoms with Crippen molar-refractivity contribution in [1.29, 1.82) is 0 Å². The Labute approximate surface area is 182 Å². The molecule has 0 spiro atoms. The Bertz CT molecular complexity index is 1040. The molecule has 160 valence electrons. The molecule has 0 saturated carbocycles. The first-order valence-electron chi connectivity index (χ1n) is 10.6. The highest BCUT2D eigenvalue weighted by atomic mass is 16.5. The van der Waals surface area contributed by atoms with E-state index in [9.17, 15) is 9.90 Å². The molecule has 0 bridgehead atoms. The lowest BCUT2D eigenvalue weighted by Crippen LogP contribution is -2.57. The van der Waals surface area contributed by atoms with Crippen LogP contribution in [0, 0.1) is 0 Å². The Morgan fingerprint density at radius 2 is 1.94 bits per heavy atom. The van der Waals surface area contributed by atoms with Gasteiger partial charge in [-0.05, 0) is 50.5 Å². The molecule has 1 aliphatic rings. The van der Waals surface area contributed by atoms with E-state index in [1.807, 2.05) is 42.5 Å². The normalized spacial score (nSPS) is 22.0. The summed E-state index contributed by atoms with van der Waals surface area (Å²) < 4.78 is 6.43. The highest BCUT2D eigenvalue weighted by molar-refractivity contribution is 6.07. The molecule has 0 aliphatic carbocycles. The van der Waals surface area contributed by atoms with Crippen LogP contribution in [0.2, 0.25) is 0 Å². The Hall–Kier alpha value is -3.09. The van der Waals surface area contributed by atoms with Crippen LogP contribution in [0.5, 0.6) is 5.75 Å². The number of hydrogen-bond acceptors (Lipinski definition) is 6. The van der Waals surface area contributed by atoms with E-state index < -0.39 is 11.7 Å². The zero-order valence-corrected chi connectivity index (χ0v) is 17.8. The van der Waals surface area contributed by atoms with Crippen molar-refractivity contribution in [3.8, 4) is 17.1 Å². The zero-order chi connectivity index (χ0) is 21.8. The first-order valence-corrected chi connectivity index (χ1v) is 10.6. The topological polar surface area (TPSA) is 84.3 Å². The lowest BCUT2D eigenvalue weighted by molar-refractivity contribution is 0.0287. The molecule has 2 heterocycles. The van der Waals surface area contributed by atoms with Crippen molar-refractivity contribution in [2.45, 2.75) is 44.4 Å². The molecule has 1 aromatic heterocycles. The number of nitrogens with one attached hydrogen (secondary N) is 1. The molecule has 0 radical (unpaired) electrons. The summed E-state index contributed by atoms with van der Waals surface area (Å²) in [7, 11) is 0. The van der Waals surface area contributed by atoms with Gasteiger partial charge in [0.1, 0.15) is 5.75 Å². The Morgan fingerprint density at radius 3 is 2.65 bits per heavy atom.